The second kappa shape index (κ2) is 61.7. The summed E-state index contributed by atoms with van der Waals surface area (Å²) in [5, 5.41) is 300. The predicted molar refractivity (Wildman–Crippen MR) is 475 cm³/mol. The number of carboxylic acids is 2. The Labute approximate surface area is 811 Å². The largest absolute Gasteiger partial charge is 0.477 e. The molecule has 0 aromatic heterocycles. The van der Waals surface area contributed by atoms with Crippen LogP contribution in [0.2, 0.25) is 0 Å². The SMILES string of the molecule is CCCCCCCCCCCCC/C=C/[C@@H](O)[C@H](CO[C@@H]1OC(CO)[C@@H](O[C@@H]2OC(CO)[C@H](O[C@@H]3OC(CO)[C@H](O)[C@H](O[C@@H]4OC(CO)[C@H](O)[C@H](O[C@@H]5OC(CO)[C@H](O)[C@H](O[C@]6(C(=O)O)CC(O)[C@@H](NC(=O)CO)C([C@H](O)[C@@H](CO)O[C@]7(C(=O)O)CC(O)[C@@H](NC(=O)CO)C([C@H](O)[C@H](O)CO)O7)O6)C5O)C4NC(C)=O)C3O)[C@H](O)C2O)[C@H](O)C1O)NC(=O)CCCCCCCCCCCCCCCCC. The molecular formula is C90H158N4O46. The molecule has 0 aromatic carbocycles. The predicted octanol–water partition coefficient (Wildman–Crippen LogP) is -8.10. The number of aliphatic hydroxyl groups excluding tert-OH is 24. The first kappa shape index (κ1) is 122. The lowest BCUT2D eigenvalue weighted by Gasteiger charge is -2.52. The smallest absolute Gasteiger partial charge is 0.364 e. The molecule has 7 aliphatic rings. The fraction of sp³-hybridized carbons (Fsp3) is 0.911. The van der Waals surface area contributed by atoms with Crippen LogP contribution in [-0.4, -0.2) is 473 Å². The summed E-state index contributed by atoms with van der Waals surface area (Å²) in [6, 6.07) is -7.37. The summed E-state index contributed by atoms with van der Waals surface area (Å²) in [5.74, 6) is -15.8. The van der Waals surface area contributed by atoms with Crippen molar-refractivity contribution in [2.24, 2.45) is 0 Å². The summed E-state index contributed by atoms with van der Waals surface area (Å²) < 4.78 is 82.1. The Kier molecular flexibility index (Phi) is 53.8. The van der Waals surface area contributed by atoms with Crippen LogP contribution in [0.3, 0.4) is 0 Å². The van der Waals surface area contributed by atoms with Crippen LogP contribution in [0.5, 0.6) is 0 Å². The lowest BCUT2D eigenvalue weighted by atomic mass is 9.87. The van der Waals surface area contributed by atoms with Gasteiger partial charge in [0, 0.05) is 26.2 Å². The van der Waals surface area contributed by atoms with Crippen molar-refractivity contribution >= 4 is 35.6 Å². The number of rotatable bonds is 64. The van der Waals surface area contributed by atoms with Crippen LogP contribution < -0.4 is 21.3 Å². The number of hydrogen-bond acceptors (Lipinski definition) is 44. The molecule has 7 rings (SSSR count). The van der Waals surface area contributed by atoms with E-state index in [1.807, 2.05) is 16.7 Å². The summed E-state index contributed by atoms with van der Waals surface area (Å²) in [7, 11) is 0. The van der Waals surface area contributed by atoms with E-state index < -0.39 is 347 Å². The molecule has 0 radical (unpaired) electrons. The van der Waals surface area contributed by atoms with Crippen LogP contribution in [0.4, 0.5) is 0 Å². The third kappa shape index (κ3) is 34.3. The van der Waals surface area contributed by atoms with Gasteiger partial charge in [0.05, 0.1) is 89.3 Å². The first-order chi connectivity index (χ1) is 66.9. The van der Waals surface area contributed by atoms with Crippen molar-refractivity contribution in [1.82, 2.24) is 21.3 Å². The number of hydrogen-bond donors (Lipinski definition) is 30. The Hall–Kier alpha value is -4.96. The number of allylic oxidation sites excluding steroid dienone is 1. The van der Waals surface area contributed by atoms with E-state index >= 15 is 0 Å². The minimum atomic E-state index is -3.64. The molecule has 0 bridgehead atoms. The van der Waals surface area contributed by atoms with E-state index in [4.69, 9.17) is 66.3 Å². The highest BCUT2D eigenvalue weighted by Crippen LogP contribution is 2.43. The molecule has 39 atom stereocenters. The molecule has 50 heteroatoms. The van der Waals surface area contributed by atoms with E-state index in [2.05, 4.69) is 24.5 Å². The number of carbonyl (C=O) groups excluding carboxylic acids is 4. The van der Waals surface area contributed by atoms with Crippen molar-refractivity contribution in [3.8, 4) is 0 Å². The molecule has 0 aliphatic carbocycles. The number of carboxylic acid groups (broad SMARTS) is 2. The van der Waals surface area contributed by atoms with Crippen molar-refractivity contribution in [2.45, 2.75) is 451 Å². The second-order valence-electron chi connectivity index (χ2n) is 37.1. The van der Waals surface area contributed by atoms with Gasteiger partial charge in [0.25, 0.3) is 11.6 Å². The van der Waals surface area contributed by atoms with Gasteiger partial charge in [-0.1, -0.05) is 180 Å². The zero-order valence-electron chi connectivity index (χ0n) is 79.6. The molecule has 7 saturated heterocycles. The Morgan fingerprint density at radius 3 is 1.21 bits per heavy atom. The first-order valence-corrected chi connectivity index (χ1v) is 49.1. The van der Waals surface area contributed by atoms with Gasteiger partial charge in [0.2, 0.25) is 23.6 Å². The highest BCUT2D eigenvalue weighted by atomic mass is 16.8. The number of ether oxygens (including phenoxy) is 14. The van der Waals surface area contributed by atoms with Crippen molar-refractivity contribution in [2.75, 3.05) is 66.1 Å². The number of nitrogens with one attached hydrogen (secondary N) is 4. The highest BCUT2D eigenvalue weighted by Gasteiger charge is 2.64. The fourth-order valence-electron chi connectivity index (χ4n) is 18.4. The van der Waals surface area contributed by atoms with Crippen LogP contribution in [0, 0.1) is 0 Å². The number of amides is 4. The summed E-state index contributed by atoms with van der Waals surface area (Å²) in [5.41, 5.74) is 0. The van der Waals surface area contributed by atoms with Crippen molar-refractivity contribution in [1.29, 1.82) is 0 Å². The van der Waals surface area contributed by atoms with Crippen LogP contribution in [-0.2, 0) is 95.1 Å². The molecule has 30 N–H and O–H groups in total. The summed E-state index contributed by atoms with van der Waals surface area (Å²) in [6.07, 6.45) is -42.7. The average molecular weight is 2030 g/mol. The van der Waals surface area contributed by atoms with Gasteiger partial charge in [-0.25, -0.2) is 9.59 Å². The van der Waals surface area contributed by atoms with E-state index in [9.17, 15) is 162 Å². The van der Waals surface area contributed by atoms with E-state index in [-0.39, 0.29) is 12.3 Å². The molecule has 0 spiro atoms. The molecule has 4 amide bonds. The van der Waals surface area contributed by atoms with Gasteiger partial charge in [-0.3, -0.25) is 19.2 Å². The molecule has 7 aliphatic heterocycles. The Bertz CT molecular complexity index is 3580. The maximum Gasteiger partial charge on any atom is 0.364 e. The van der Waals surface area contributed by atoms with Gasteiger partial charge in [-0.05, 0) is 19.3 Å². The third-order valence-electron chi connectivity index (χ3n) is 26.4. The topological polar surface area (TPSA) is 806 Å². The van der Waals surface area contributed by atoms with Crippen LogP contribution in [0.1, 0.15) is 213 Å². The molecule has 14 unspecified atom stereocenters. The van der Waals surface area contributed by atoms with Crippen LogP contribution in [0.15, 0.2) is 12.2 Å². The zero-order valence-corrected chi connectivity index (χ0v) is 79.6. The molecule has 814 valence electrons. The van der Waals surface area contributed by atoms with Gasteiger partial charge >= 0.3 is 11.9 Å². The molecule has 0 saturated carbocycles. The number of aliphatic hydroxyl groups is 24. The van der Waals surface area contributed by atoms with Crippen molar-refractivity contribution in [3.05, 3.63) is 12.2 Å². The first-order valence-electron chi connectivity index (χ1n) is 49.1. The van der Waals surface area contributed by atoms with Crippen molar-refractivity contribution in [3.63, 3.8) is 0 Å². The van der Waals surface area contributed by atoms with Gasteiger partial charge in [-0.15, -0.1) is 0 Å². The molecule has 0 aromatic rings. The van der Waals surface area contributed by atoms with E-state index in [1.54, 1.807) is 6.08 Å². The van der Waals surface area contributed by atoms with Crippen LogP contribution in [0.25, 0.3) is 0 Å². The Morgan fingerprint density at radius 2 is 0.771 bits per heavy atom. The van der Waals surface area contributed by atoms with Crippen LogP contribution >= 0.6 is 0 Å². The standard InChI is InChI=1S/C90H158N4O46/c1-4-6-8-10-12-14-16-18-19-21-23-25-27-29-31-33-58(109)92-47(48(105)32-30-28-26-24-22-20-17-15-13-11-9-7-5-2)45-127-83-71(119)69(117)75(56(41-100)131-83)133-84-72(120)70(118)76(57(42-101)132-84)134-85-73(121)80(66(114)53(38-97)129-85)136-82-63(91-46(3)104)77(65(113)52(37-96)128-82)135-86-74(122)81(67(115)54(39-98)130-86)140-90(88(125)126)35-50(107)62(94-60(111)44-103)79(139-90)68(116)55(40-99)137-89(87(123)124)34-49(106)61(93-59(110)43-102)78(138-89)64(112)51(108)36-95/h30,32,47-57,61-86,95-103,105-108,112-122H,4-29,31,33-45H2,1-3H3,(H,91,104)(H,92,109)(H,93,110)(H,94,111)(H,123,124)(H,125,126)/b32-30+/t47-,48+,49?,50?,51+,52?,53?,54?,55+,56?,57?,61+,62+,63?,64+,65-,66-,67-,68+,69+,70+,71?,72?,73?,74?,75+,76-,77+,78?,79?,80-,81-,82-,83+,84-,85-,86-,89+,90-/m0/s1. The maximum absolute atomic E-state index is 13.8. The lowest BCUT2D eigenvalue weighted by molar-refractivity contribution is -0.393. The molecule has 50 nitrogen and oxygen atoms in total. The van der Waals surface area contributed by atoms with E-state index in [0.29, 0.717) is 12.8 Å². The quantitative estimate of drug-likeness (QED) is 0.0199. The second-order valence-corrected chi connectivity index (χ2v) is 37.1. The van der Waals surface area contributed by atoms with Gasteiger partial charge in [0.1, 0.15) is 172 Å². The van der Waals surface area contributed by atoms with Gasteiger partial charge in [-0.2, -0.15) is 0 Å². The van der Waals surface area contributed by atoms with Crippen molar-refractivity contribution < 1.29 is 228 Å². The molecule has 140 heavy (non-hydrogen) atoms. The van der Waals surface area contributed by atoms with Gasteiger partial charge in [0.15, 0.2) is 31.5 Å². The minimum absolute atomic E-state index is 0.140. The molecule has 7 fully saturated rings. The summed E-state index contributed by atoms with van der Waals surface area (Å²) >= 11 is 0. The number of aliphatic carboxylic acids is 2. The summed E-state index contributed by atoms with van der Waals surface area (Å²) in [6.45, 7) is -6.65. The monoisotopic (exact) mass is 2030 g/mol. The molecule has 7 heterocycles. The number of carbonyl (C=O) groups is 6. The zero-order chi connectivity index (χ0) is 103. The lowest BCUT2D eigenvalue weighted by Crippen LogP contribution is -2.72. The molecular weight excluding hydrogens is 1870 g/mol. The van der Waals surface area contributed by atoms with Gasteiger partial charge < -0.3 is 220 Å². The Balaban J connectivity index is 1.04. The normalized spacial score (nSPS) is 36.3. The van der Waals surface area contributed by atoms with E-state index in [0.717, 1.165) is 64.7 Å². The summed E-state index contributed by atoms with van der Waals surface area (Å²) in [4.78, 5) is 79.2. The highest BCUT2D eigenvalue weighted by molar-refractivity contribution is 5.79. The minimum Gasteiger partial charge on any atom is -0.477 e. The average Bonchev–Trinajstić information content (AvgIpc) is 0.744. The van der Waals surface area contributed by atoms with E-state index in [1.165, 1.54) is 103 Å². The Morgan fingerprint density at radius 1 is 0.393 bits per heavy atom. The number of unbranched alkanes of at least 4 members (excludes halogenated alkanes) is 25. The third-order valence-corrected chi connectivity index (χ3v) is 26.4. The maximum atomic E-state index is 13.8. The fourth-order valence-corrected chi connectivity index (χ4v) is 18.4.